The molecule has 0 unspecified atom stereocenters. The molecule has 4 aromatic rings. The van der Waals surface area contributed by atoms with Crippen LogP contribution in [0.5, 0.6) is 0 Å². The Morgan fingerprint density at radius 1 is 0.825 bits per heavy atom. The molecule has 0 spiro atoms. The molecule has 0 bridgehead atoms. The highest BCUT2D eigenvalue weighted by atomic mass is 35.5. The van der Waals surface area contributed by atoms with Gasteiger partial charge in [-0.1, -0.05) is 12.2 Å². The summed E-state index contributed by atoms with van der Waals surface area (Å²) in [6.45, 7) is 7.71. The Hall–Kier alpha value is -3.90. The van der Waals surface area contributed by atoms with Gasteiger partial charge in [-0.2, -0.15) is 10.2 Å². The summed E-state index contributed by atoms with van der Waals surface area (Å²) in [7, 11) is 0. The van der Waals surface area contributed by atoms with Crippen LogP contribution in [0.15, 0.2) is 36.4 Å². The third-order valence-electron chi connectivity index (χ3n) is 5.76. The van der Waals surface area contributed by atoms with Crippen LogP contribution in [0.2, 0.25) is 0 Å². The molecule has 0 aliphatic carbocycles. The number of aromatic amines is 2. The summed E-state index contributed by atoms with van der Waals surface area (Å²) in [5.74, 6) is -3.81. The van der Waals surface area contributed by atoms with E-state index in [2.05, 4.69) is 20.4 Å². The summed E-state index contributed by atoms with van der Waals surface area (Å²) in [5.41, 5.74) is 10.3. The van der Waals surface area contributed by atoms with E-state index in [1.165, 1.54) is 6.07 Å². The number of rotatable bonds is 6. The Morgan fingerprint density at radius 2 is 1.32 bits per heavy atom. The third kappa shape index (κ3) is 9.09. The lowest BCUT2D eigenvalue weighted by Crippen LogP contribution is -2.10. The number of Topliss-reactive ketones (excluding diaryl/α,β-unsaturated/α-hetero) is 1. The van der Waals surface area contributed by atoms with Crippen LogP contribution in [0.3, 0.4) is 0 Å². The molecule has 0 saturated carbocycles. The second-order valence-electron chi connectivity index (χ2n) is 8.63. The second-order valence-corrected chi connectivity index (χ2v) is 9.55. The molecule has 2 aromatic carbocycles. The molecule has 40 heavy (non-hydrogen) atoms. The van der Waals surface area contributed by atoms with E-state index >= 15 is 0 Å². The summed E-state index contributed by atoms with van der Waals surface area (Å²) >= 11 is 10.2. The van der Waals surface area contributed by atoms with Crippen LogP contribution < -0.4 is 5.73 Å². The Bertz CT molecular complexity index is 1520. The van der Waals surface area contributed by atoms with Gasteiger partial charge in [-0.3, -0.25) is 19.8 Å². The average molecular weight is 596 g/mol. The Kier molecular flexibility index (Phi) is 11.7. The SMILES string of the molecule is Cc1[nH]nc(CC(=S)CC(=O)c2ccc(F)c(F)c2)c1C.Cc1[nH]nc(N)c1C.O=C(Cl)c1ccc(F)c(F)c1. The molecule has 13 heteroatoms. The molecule has 0 fully saturated rings. The van der Waals surface area contributed by atoms with Crippen molar-refractivity contribution in [3.8, 4) is 0 Å². The van der Waals surface area contributed by atoms with Gasteiger partial charge in [0, 0.05) is 45.8 Å². The molecule has 0 aliphatic rings. The van der Waals surface area contributed by atoms with Crippen LogP contribution in [0.4, 0.5) is 23.4 Å². The van der Waals surface area contributed by atoms with Crippen molar-refractivity contribution in [1.82, 2.24) is 20.4 Å². The number of nitrogens with one attached hydrogen (secondary N) is 2. The third-order valence-corrected chi connectivity index (χ3v) is 6.26. The van der Waals surface area contributed by atoms with Crippen LogP contribution >= 0.6 is 23.8 Å². The maximum Gasteiger partial charge on any atom is 0.252 e. The van der Waals surface area contributed by atoms with E-state index in [1.807, 2.05) is 27.7 Å². The quantitative estimate of drug-likeness (QED) is 0.102. The highest BCUT2D eigenvalue weighted by molar-refractivity contribution is 7.80. The predicted molar refractivity (Wildman–Crippen MR) is 149 cm³/mol. The molecule has 4 N–H and O–H groups in total. The molecule has 7 nitrogen and oxygen atoms in total. The lowest BCUT2D eigenvalue weighted by molar-refractivity contribution is 0.0999. The van der Waals surface area contributed by atoms with Gasteiger partial charge in [0.25, 0.3) is 5.24 Å². The molecule has 0 saturated heterocycles. The number of anilines is 1. The Morgan fingerprint density at radius 3 is 1.73 bits per heavy atom. The van der Waals surface area contributed by atoms with Crippen LogP contribution in [0.25, 0.3) is 0 Å². The summed E-state index contributed by atoms with van der Waals surface area (Å²) < 4.78 is 50.5. The molecule has 2 aromatic heterocycles. The van der Waals surface area contributed by atoms with Crippen LogP contribution in [-0.2, 0) is 6.42 Å². The Balaban J connectivity index is 0.000000244. The zero-order valence-electron chi connectivity index (χ0n) is 22.0. The van der Waals surface area contributed by atoms with Crippen LogP contribution in [0.1, 0.15) is 55.3 Å². The second kappa shape index (κ2) is 14.5. The lowest BCUT2D eigenvalue weighted by Gasteiger charge is -2.04. The van der Waals surface area contributed by atoms with Gasteiger partial charge in [0.05, 0.1) is 5.69 Å². The standard InChI is InChI=1S/C15H14F2N2OS.C7H3ClF2O.C5H9N3/c1-8-9(2)18-19-14(8)6-11(21)7-15(20)10-3-4-12(16)13(17)5-10;8-7(11)4-1-2-5(9)6(10)3-4;1-3-4(2)7-8-5(3)6/h3-5H,6-7H2,1-2H3,(H,18,19);1-3H;1-2H3,(H3,6,7,8). The number of carbonyl (C=O) groups excluding carboxylic acids is 2. The molecule has 0 amide bonds. The maximum atomic E-state index is 13.1. The molecule has 0 aliphatic heterocycles. The number of carbonyl (C=O) groups is 2. The number of benzene rings is 2. The number of H-pyrrole nitrogens is 2. The normalized spacial score (nSPS) is 10.2. The maximum absolute atomic E-state index is 13.1. The van der Waals surface area contributed by atoms with Gasteiger partial charge in [0.15, 0.2) is 29.1 Å². The number of aromatic nitrogens is 4. The molecular weight excluding hydrogens is 570 g/mol. The zero-order chi connectivity index (χ0) is 30.1. The minimum Gasteiger partial charge on any atom is -0.382 e. The molecule has 0 atom stereocenters. The number of nitrogen functional groups attached to an aromatic ring is 1. The lowest BCUT2D eigenvalue weighted by atomic mass is 10.0. The summed E-state index contributed by atoms with van der Waals surface area (Å²) in [6, 6.07) is 5.81. The van der Waals surface area contributed by atoms with Crippen molar-refractivity contribution in [2.45, 2.75) is 40.5 Å². The Labute approximate surface area is 238 Å². The first-order valence-corrected chi connectivity index (χ1v) is 12.4. The zero-order valence-corrected chi connectivity index (χ0v) is 23.5. The molecular formula is C27H26ClF4N5O2S. The summed E-state index contributed by atoms with van der Waals surface area (Å²) in [6.07, 6.45) is 0.409. The van der Waals surface area contributed by atoms with Crippen LogP contribution in [0, 0.1) is 51.0 Å². The topological polar surface area (TPSA) is 118 Å². The molecule has 212 valence electrons. The fraction of sp³-hybridized carbons (Fsp3) is 0.222. The van der Waals surface area contributed by atoms with E-state index in [0.717, 1.165) is 58.5 Å². The number of nitrogens with two attached hydrogens (primary N) is 1. The number of aryl methyl sites for hydroxylation is 2. The van der Waals surface area contributed by atoms with E-state index in [1.54, 1.807) is 0 Å². The summed E-state index contributed by atoms with van der Waals surface area (Å²) in [5, 5.41) is 12.7. The van der Waals surface area contributed by atoms with Gasteiger partial charge >= 0.3 is 0 Å². The fourth-order valence-electron chi connectivity index (χ4n) is 3.03. The smallest absolute Gasteiger partial charge is 0.252 e. The minimum atomic E-state index is -1.07. The first-order chi connectivity index (χ1) is 18.7. The number of ketones is 1. The highest BCUT2D eigenvalue weighted by Gasteiger charge is 2.14. The monoisotopic (exact) mass is 595 g/mol. The van der Waals surface area contributed by atoms with Gasteiger partial charge in [-0.25, -0.2) is 17.6 Å². The number of hydrogen-bond acceptors (Lipinski definition) is 6. The van der Waals surface area contributed by atoms with Crippen molar-refractivity contribution < 1.29 is 27.2 Å². The largest absolute Gasteiger partial charge is 0.382 e. The van der Waals surface area contributed by atoms with E-state index < -0.39 is 28.5 Å². The van der Waals surface area contributed by atoms with Gasteiger partial charge in [-0.05, 0) is 81.3 Å². The van der Waals surface area contributed by atoms with Crippen molar-refractivity contribution in [1.29, 1.82) is 0 Å². The number of hydrogen-bond donors (Lipinski definition) is 3. The van der Waals surface area contributed by atoms with Crippen molar-refractivity contribution in [2.24, 2.45) is 0 Å². The average Bonchev–Trinajstić information content (AvgIpc) is 3.37. The minimum absolute atomic E-state index is 0.00571. The van der Waals surface area contributed by atoms with Crippen molar-refractivity contribution >= 4 is 45.5 Å². The highest BCUT2D eigenvalue weighted by Crippen LogP contribution is 2.15. The predicted octanol–water partition coefficient (Wildman–Crippen LogP) is 6.44. The van der Waals surface area contributed by atoms with Crippen molar-refractivity contribution in [3.05, 3.63) is 99.0 Å². The van der Waals surface area contributed by atoms with Gasteiger partial charge in [0.1, 0.15) is 5.82 Å². The first-order valence-electron chi connectivity index (χ1n) is 11.6. The molecule has 4 rings (SSSR count). The molecule has 0 radical (unpaired) electrons. The fourth-order valence-corrected chi connectivity index (χ4v) is 3.42. The summed E-state index contributed by atoms with van der Waals surface area (Å²) in [4.78, 5) is 22.9. The number of nitrogens with zero attached hydrogens (tertiary/aromatic N) is 2. The van der Waals surface area contributed by atoms with Gasteiger partial charge in [-0.15, -0.1) is 0 Å². The number of halogens is 5. The first kappa shape index (κ1) is 32.3. The van der Waals surface area contributed by atoms with Gasteiger partial charge < -0.3 is 5.73 Å². The van der Waals surface area contributed by atoms with E-state index in [4.69, 9.17) is 29.6 Å². The van der Waals surface area contributed by atoms with E-state index in [-0.39, 0.29) is 23.3 Å². The van der Waals surface area contributed by atoms with Gasteiger partial charge in [0.2, 0.25) is 0 Å². The van der Waals surface area contributed by atoms with Crippen LogP contribution in [-0.4, -0.2) is 36.3 Å². The van der Waals surface area contributed by atoms with E-state index in [9.17, 15) is 27.2 Å². The number of thiocarbonyl (C=S) groups is 1. The van der Waals surface area contributed by atoms with E-state index in [0.29, 0.717) is 17.1 Å². The molecule has 2 heterocycles. The van der Waals surface area contributed by atoms with Crippen molar-refractivity contribution in [2.75, 3.05) is 5.73 Å². The van der Waals surface area contributed by atoms with Crippen molar-refractivity contribution in [3.63, 3.8) is 0 Å².